The maximum Gasteiger partial charge on any atom is 0.119 e. The molecule has 3 heteroatoms. The van der Waals surface area contributed by atoms with Gasteiger partial charge in [0, 0.05) is 11.8 Å². The number of unbranched alkanes of at least 4 members (excludes halogenated alkanes) is 7. The number of alkyl halides is 1. The van der Waals surface area contributed by atoms with Gasteiger partial charge in [0.05, 0.1) is 12.3 Å². The van der Waals surface area contributed by atoms with E-state index in [9.17, 15) is 4.39 Å². The molecular formula is C28H42FNO. The third-order valence-corrected chi connectivity index (χ3v) is 5.85. The van der Waals surface area contributed by atoms with Gasteiger partial charge >= 0.3 is 0 Å². The Morgan fingerprint density at radius 2 is 1.45 bits per heavy atom. The third-order valence-electron chi connectivity index (χ3n) is 5.85. The number of ether oxygens (including phenoxy) is 1. The van der Waals surface area contributed by atoms with E-state index in [-0.39, 0.29) is 0 Å². The topological polar surface area (TPSA) is 22.1 Å². The van der Waals surface area contributed by atoms with Crippen molar-refractivity contribution in [2.75, 3.05) is 6.61 Å². The normalized spacial score (nSPS) is 12.1. The zero-order valence-electron chi connectivity index (χ0n) is 19.8. The molecule has 0 amide bonds. The van der Waals surface area contributed by atoms with Crippen molar-refractivity contribution in [2.45, 2.75) is 103 Å². The molecule has 2 aromatic rings. The molecule has 0 radical (unpaired) electrons. The highest BCUT2D eigenvalue weighted by Crippen LogP contribution is 2.22. The second-order valence-electron chi connectivity index (χ2n) is 8.68. The van der Waals surface area contributed by atoms with E-state index in [0.717, 1.165) is 55.7 Å². The fourth-order valence-electron chi connectivity index (χ4n) is 3.83. The van der Waals surface area contributed by atoms with Gasteiger partial charge in [-0.1, -0.05) is 71.3 Å². The van der Waals surface area contributed by atoms with Crippen molar-refractivity contribution < 1.29 is 9.13 Å². The summed E-state index contributed by atoms with van der Waals surface area (Å²) in [5.41, 5.74) is 3.25. The standard InChI is InChI=1S/C28H42FNO/c1-3-5-7-9-10-14-26(29)15-12-13-24-16-21-28(30-23-24)25-17-19-27(20-18-25)31-22-11-8-6-4-2/h16-21,23,26H,3-15,22H2,1-2H3. The fourth-order valence-corrected chi connectivity index (χ4v) is 3.83. The van der Waals surface area contributed by atoms with Crippen LogP contribution in [0, 0.1) is 0 Å². The monoisotopic (exact) mass is 427 g/mol. The molecule has 1 unspecified atom stereocenters. The van der Waals surface area contributed by atoms with Crippen LogP contribution in [-0.4, -0.2) is 17.8 Å². The Bertz CT molecular complexity index is 683. The van der Waals surface area contributed by atoms with E-state index in [4.69, 9.17) is 4.74 Å². The van der Waals surface area contributed by atoms with Gasteiger partial charge in [-0.05, 0) is 68.0 Å². The molecule has 2 nitrogen and oxygen atoms in total. The Hall–Kier alpha value is -1.90. The summed E-state index contributed by atoms with van der Waals surface area (Å²) in [5.74, 6) is 0.919. The Morgan fingerprint density at radius 3 is 2.13 bits per heavy atom. The zero-order valence-corrected chi connectivity index (χ0v) is 19.8. The molecular weight excluding hydrogens is 385 g/mol. The van der Waals surface area contributed by atoms with Gasteiger partial charge in [0.1, 0.15) is 11.9 Å². The first-order valence-corrected chi connectivity index (χ1v) is 12.5. The minimum atomic E-state index is -0.652. The van der Waals surface area contributed by atoms with Crippen LogP contribution < -0.4 is 4.74 Å². The number of benzene rings is 1. The summed E-state index contributed by atoms with van der Waals surface area (Å²) in [5, 5.41) is 0. The number of pyridine rings is 1. The molecule has 1 aromatic heterocycles. The first kappa shape index (κ1) is 25.4. The smallest absolute Gasteiger partial charge is 0.119 e. The molecule has 0 N–H and O–H groups in total. The van der Waals surface area contributed by atoms with Crippen molar-refractivity contribution in [1.82, 2.24) is 4.98 Å². The van der Waals surface area contributed by atoms with Crippen LogP contribution in [0.2, 0.25) is 0 Å². The molecule has 0 aliphatic carbocycles. The van der Waals surface area contributed by atoms with Crippen LogP contribution in [0.3, 0.4) is 0 Å². The molecule has 0 aliphatic heterocycles. The minimum absolute atomic E-state index is 0.652. The van der Waals surface area contributed by atoms with Crippen molar-refractivity contribution in [3.05, 3.63) is 48.2 Å². The highest BCUT2D eigenvalue weighted by Gasteiger charge is 2.07. The third kappa shape index (κ3) is 10.8. The molecule has 0 aliphatic rings. The van der Waals surface area contributed by atoms with Gasteiger partial charge in [-0.15, -0.1) is 0 Å². The van der Waals surface area contributed by atoms with Crippen molar-refractivity contribution in [2.24, 2.45) is 0 Å². The van der Waals surface area contributed by atoms with E-state index in [2.05, 4.69) is 43.1 Å². The van der Waals surface area contributed by atoms with Crippen LogP contribution in [0.15, 0.2) is 42.6 Å². The first-order valence-electron chi connectivity index (χ1n) is 12.5. The van der Waals surface area contributed by atoms with E-state index < -0.39 is 6.17 Å². The molecule has 2 rings (SSSR count). The fraction of sp³-hybridized carbons (Fsp3) is 0.607. The first-order chi connectivity index (χ1) is 15.2. The molecule has 1 aromatic carbocycles. The average Bonchev–Trinajstić information content (AvgIpc) is 2.80. The summed E-state index contributed by atoms with van der Waals surface area (Å²) in [4.78, 5) is 4.62. The Morgan fingerprint density at radius 1 is 0.774 bits per heavy atom. The number of halogens is 1. The Labute approximate surface area is 189 Å². The summed E-state index contributed by atoms with van der Waals surface area (Å²) in [6, 6.07) is 12.4. The lowest BCUT2D eigenvalue weighted by atomic mass is 10.0. The lowest BCUT2D eigenvalue weighted by Crippen LogP contribution is -2.01. The number of hydrogen-bond donors (Lipinski definition) is 0. The van der Waals surface area contributed by atoms with Gasteiger partial charge in [-0.2, -0.15) is 0 Å². The number of rotatable bonds is 17. The minimum Gasteiger partial charge on any atom is -0.494 e. The summed E-state index contributed by atoms with van der Waals surface area (Å²) < 4.78 is 19.9. The second kappa shape index (κ2) is 15.8. The highest BCUT2D eigenvalue weighted by molar-refractivity contribution is 5.60. The van der Waals surface area contributed by atoms with Crippen molar-refractivity contribution >= 4 is 0 Å². The summed E-state index contributed by atoms with van der Waals surface area (Å²) in [7, 11) is 0. The van der Waals surface area contributed by atoms with E-state index >= 15 is 0 Å². The van der Waals surface area contributed by atoms with Gasteiger partial charge in [0.25, 0.3) is 0 Å². The van der Waals surface area contributed by atoms with Crippen LogP contribution in [0.1, 0.15) is 96.5 Å². The average molecular weight is 428 g/mol. The van der Waals surface area contributed by atoms with E-state index in [1.54, 1.807) is 0 Å². The molecule has 0 fully saturated rings. The zero-order chi connectivity index (χ0) is 22.2. The lowest BCUT2D eigenvalue weighted by molar-refractivity contribution is 0.282. The van der Waals surface area contributed by atoms with Gasteiger partial charge in [-0.3, -0.25) is 4.98 Å². The molecule has 1 heterocycles. The van der Waals surface area contributed by atoms with Gasteiger partial charge < -0.3 is 4.74 Å². The number of nitrogens with zero attached hydrogens (tertiary/aromatic N) is 1. The van der Waals surface area contributed by atoms with E-state index in [1.165, 1.54) is 50.5 Å². The summed E-state index contributed by atoms with van der Waals surface area (Å²) in [6.45, 7) is 5.21. The van der Waals surface area contributed by atoms with E-state index in [0.29, 0.717) is 6.42 Å². The van der Waals surface area contributed by atoms with Crippen LogP contribution in [0.4, 0.5) is 4.39 Å². The molecule has 31 heavy (non-hydrogen) atoms. The maximum atomic E-state index is 14.0. The maximum absolute atomic E-state index is 14.0. The summed E-state index contributed by atoms with van der Waals surface area (Å²) >= 11 is 0. The quantitative estimate of drug-likeness (QED) is 0.235. The predicted molar refractivity (Wildman–Crippen MR) is 131 cm³/mol. The summed E-state index contributed by atoms with van der Waals surface area (Å²) in [6.07, 6.45) is 15.3. The second-order valence-corrected chi connectivity index (χ2v) is 8.68. The Kier molecular flexibility index (Phi) is 13.0. The Balaban J connectivity index is 1.68. The van der Waals surface area contributed by atoms with Gasteiger partial charge in [0.2, 0.25) is 0 Å². The van der Waals surface area contributed by atoms with Crippen LogP contribution in [0.5, 0.6) is 5.75 Å². The van der Waals surface area contributed by atoms with Crippen LogP contribution >= 0.6 is 0 Å². The van der Waals surface area contributed by atoms with Crippen molar-refractivity contribution in [3.8, 4) is 17.0 Å². The van der Waals surface area contributed by atoms with Crippen LogP contribution in [0.25, 0.3) is 11.3 Å². The number of aryl methyl sites for hydroxylation is 1. The molecule has 172 valence electrons. The van der Waals surface area contributed by atoms with Crippen molar-refractivity contribution in [1.29, 1.82) is 0 Å². The largest absolute Gasteiger partial charge is 0.494 e. The van der Waals surface area contributed by atoms with Crippen LogP contribution in [-0.2, 0) is 6.42 Å². The SMILES string of the molecule is CCCCCCCC(F)CCCc1ccc(-c2ccc(OCCCCCC)cc2)nc1. The lowest BCUT2D eigenvalue weighted by Gasteiger charge is -2.09. The molecule has 0 saturated heterocycles. The highest BCUT2D eigenvalue weighted by atomic mass is 19.1. The number of hydrogen-bond acceptors (Lipinski definition) is 2. The molecule has 0 spiro atoms. The molecule has 0 bridgehead atoms. The van der Waals surface area contributed by atoms with Gasteiger partial charge in [-0.25, -0.2) is 4.39 Å². The molecule has 0 saturated carbocycles. The van der Waals surface area contributed by atoms with E-state index in [1.807, 2.05) is 18.3 Å². The van der Waals surface area contributed by atoms with Crippen molar-refractivity contribution in [3.63, 3.8) is 0 Å². The van der Waals surface area contributed by atoms with Gasteiger partial charge in [0.15, 0.2) is 0 Å². The number of aromatic nitrogens is 1. The molecule has 1 atom stereocenters. The predicted octanol–water partition coefficient (Wildman–Crippen LogP) is 8.73.